The lowest BCUT2D eigenvalue weighted by Gasteiger charge is -2.11. The van der Waals surface area contributed by atoms with E-state index >= 15 is 0 Å². The van der Waals surface area contributed by atoms with Crippen LogP contribution in [0, 0.1) is 0 Å². The van der Waals surface area contributed by atoms with E-state index in [1.54, 1.807) is 18.2 Å². The van der Waals surface area contributed by atoms with E-state index in [-0.39, 0.29) is 18.2 Å². The van der Waals surface area contributed by atoms with Crippen molar-refractivity contribution < 1.29 is 14.3 Å². The van der Waals surface area contributed by atoms with Crippen LogP contribution in [0.5, 0.6) is 5.75 Å². The van der Waals surface area contributed by atoms with Crippen LogP contribution < -0.4 is 15.4 Å². The second-order valence-corrected chi connectivity index (χ2v) is 5.25. The zero-order chi connectivity index (χ0) is 17.4. The van der Waals surface area contributed by atoms with Gasteiger partial charge in [-0.05, 0) is 43.2 Å². The summed E-state index contributed by atoms with van der Waals surface area (Å²) < 4.78 is 5.45. The molecule has 2 aromatic carbocycles. The number of hydrogen-bond donors (Lipinski definition) is 2. The summed E-state index contributed by atoms with van der Waals surface area (Å²) in [6.45, 7) is 4.44. The highest BCUT2D eigenvalue weighted by molar-refractivity contribution is 6.08. The molecule has 0 bridgehead atoms. The van der Waals surface area contributed by atoms with Crippen molar-refractivity contribution in [1.29, 1.82) is 0 Å². The van der Waals surface area contributed by atoms with E-state index in [1.807, 2.05) is 37.3 Å². The molecule has 0 spiro atoms. The molecule has 2 amide bonds. The molecule has 5 heteroatoms. The number of benzene rings is 2. The van der Waals surface area contributed by atoms with Gasteiger partial charge in [0.05, 0.1) is 12.3 Å². The molecule has 0 aliphatic rings. The maximum Gasteiger partial charge on any atom is 0.233 e. The number of anilines is 2. The number of rotatable bonds is 7. The molecule has 0 heterocycles. The average molecular weight is 326 g/mol. The highest BCUT2D eigenvalue weighted by atomic mass is 16.5. The number of carbonyl (C=O) groups excluding carboxylic acids is 2. The van der Waals surface area contributed by atoms with Crippen molar-refractivity contribution in [2.24, 2.45) is 0 Å². The molecule has 0 aromatic heterocycles. The highest BCUT2D eigenvalue weighted by Crippen LogP contribution is 2.23. The van der Waals surface area contributed by atoms with Crippen molar-refractivity contribution in [2.45, 2.75) is 26.7 Å². The number of aryl methyl sites for hydroxylation is 1. The Morgan fingerprint density at radius 1 is 0.917 bits per heavy atom. The van der Waals surface area contributed by atoms with Crippen molar-refractivity contribution in [1.82, 2.24) is 0 Å². The molecule has 2 rings (SSSR count). The van der Waals surface area contributed by atoms with Crippen LogP contribution in [0.1, 0.15) is 25.8 Å². The summed E-state index contributed by atoms with van der Waals surface area (Å²) in [6, 6.07) is 14.7. The van der Waals surface area contributed by atoms with E-state index in [4.69, 9.17) is 4.74 Å². The Morgan fingerprint density at radius 3 is 2.25 bits per heavy atom. The molecule has 5 nitrogen and oxygen atoms in total. The van der Waals surface area contributed by atoms with Crippen LogP contribution >= 0.6 is 0 Å². The SMILES string of the molecule is CCOc1ccccc1NC(=O)CC(=O)Nc1ccc(CC)cc1. The summed E-state index contributed by atoms with van der Waals surface area (Å²) in [5.41, 5.74) is 2.43. The first-order valence-electron chi connectivity index (χ1n) is 8.02. The molecule has 0 atom stereocenters. The fraction of sp³-hybridized carbons (Fsp3) is 0.263. The van der Waals surface area contributed by atoms with E-state index < -0.39 is 0 Å². The second kappa shape index (κ2) is 8.72. The zero-order valence-electron chi connectivity index (χ0n) is 14.0. The first-order valence-corrected chi connectivity index (χ1v) is 8.02. The maximum absolute atomic E-state index is 12.0. The number of amides is 2. The second-order valence-electron chi connectivity index (χ2n) is 5.25. The Bertz CT molecular complexity index is 696. The third-order valence-corrected chi connectivity index (χ3v) is 3.43. The molecule has 0 saturated heterocycles. The normalized spacial score (nSPS) is 10.1. The third-order valence-electron chi connectivity index (χ3n) is 3.43. The molecule has 0 radical (unpaired) electrons. The molecule has 126 valence electrons. The van der Waals surface area contributed by atoms with Crippen LogP contribution in [0.15, 0.2) is 48.5 Å². The van der Waals surface area contributed by atoms with E-state index in [0.29, 0.717) is 23.7 Å². The summed E-state index contributed by atoms with van der Waals surface area (Å²) in [5.74, 6) is -0.153. The van der Waals surface area contributed by atoms with Crippen molar-refractivity contribution >= 4 is 23.2 Å². The van der Waals surface area contributed by atoms with Crippen LogP contribution in [0.4, 0.5) is 11.4 Å². The van der Waals surface area contributed by atoms with Crippen molar-refractivity contribution in [3.8, 4) is 5.75 Å². The van der Waals surface area contributed by atoms with Crippen molar-refractivity contribution in [3.63, 3.8) is 0 Å². The van der Waals surface area contributed by atoms with Gasteiger partial charge in [0.25, 0.3) is 0 Å². The molecule has 0 aliphatic heterocycles. The van der Waals surface area contributed by atoms with Gasteiger partial charge in [0.1, 0.15) is 12.2 Å². The van der Waals surface area contributed by atoms with Crippen LogP contribution in [0.3, 0.4) is 0 Å². The molecule has 0 unspecified atom stereocenters. The van der Waals surface area contributed by atoms with Gasteiger partial charge in [0, 0.05) is 5.69 Å². The number of carbonyl (C=O) groups is 2. The van der Waals surface area contributed by atoms with Crippen LogP contribution in [-0.2, 0) is 16.0 Å². The lowest BCUT2D eigenvalue weighted by molar-refractivity contribution is -0.123. The van der Waals surface area contributed by atoms with Gasteiger partial charge in [-0.25, -0.2) is 0 Å². The van der Waals surface area contributed by atoms with Crippen LogP contribution in [0.25, 0.3) is 0 Å². The van der Waals surface area contributed by atoms with E-state index in [1.165, 1.54) is 5.56 Å². The number of ether oxygens (including phenoxy) is 1. The third kappa shape index (κ3) is 5.12. The van der Waals surface area contributed by atoms with Gasteiger partial charge < -0.3 is 15.4 Å². The minimum atomic E-state index is -0.384. The highest BCUT2D eigenvalue weighted by Gasteiger charge is 2.12. The summed E-state index contributed by atoms with van der Waals surface area (Å²) in [6.07, 6.45) is 0.686. The molecular weight excluding hydrogens is 304 g/mol. The monoisotopic (exact) mass is 326 g/mol. The van der Waals surface area contributed by atoms with E-state index in [2.05, 4.69) is 17.6 Å². The van der Waals surface area contributed by atoms with Gasteiger partial charge in [0.15, 0.2) is 0 Å². The Labute approximate surface area is 142 Å². The fourth-order valence-corrected chi connectivity index (χ4v) is 2.22. The molecule has 2 N–H and O–H groups in total. The Balaban J connectivity index is 1.90. The Hall–Kier alpha value is -2.82. The number of para-hydroxylation sites is 2. The lowest BCUT2D eigenvalue weighted by atomic mass is 10.1. The van der Waals surface area contributed by atoms with Crippen LogP contribution in [-0.4, -0.2) is 18.4 Å². The Morgan fingerprint density at radius 2 is 1.58 bits per heavy atom. The fourth-order valence-electron chi connectivity index (χ4n) is 2.22. The van der Waals surface area contributed by atoms with E-state index in [0.717, 1.165) is 6.42 Å². The van der Waals surface area contributed by atoms with Gasteiger partial charge in [-0.2, -0.15) is 0 Å². The number of hydrogen-bond acceptors (Lipinski definition) is 3. The summed E-state index contributed by atoms with van der Waals surface area (Å²) in [5, 5.41) is 5.42. The molecule has 0 saturated carbocycles. The topological polar surface area (TPSA) is 67.4 Å². The van der Waals surface area contributed by atoms with Gasteiger partial charge >= 0.3 is 0 Å². The summed E-state index contributed by atoms with van der Waals surface area (Å²) in [4.78, 5) is 24.0. The summed E-state index contributed by atoms with van der Waals surface area (Å²) in [7, 11) is 0. The van der Waals surface area contributed by atoms with Gasteiger partial charge in [-0.15, -0.1) is 0 Å². The predicted octanol–water partition coefficient (Wildman–Crippen LogP) is 3.62. The van der Waals surface area contributed by atoms with Gasteiger partial charge in [-0.1, -0.05) is 31.2 Å². The molecule has 24 heavy (non-hydrogen) atoms. The predicted molar refractivity (Wildman–Crippen MR) is 95.3 cm³/mol. The smallest absolute Gasteiger partial charge is 0.233 e. The minimum Gasteiger partial charge on any atom is -0.492 e. The lowest BCUT2D eigenvalue weighted by Crippen LogP contribution is -2.21. The van der Waals surface area contributed by atoms with Crippen LogP contribution in [0.2, 0.25) is 0 Å². The first kappa shape index (κ1) is 17.5. The minimum absolute atomic E-state index is 0.254. The first-order chi connectivity index (χ1) is 11.6. The molecule has 0 aliphatic carbocycles. The largest absolute Gasteiger partial charge is 0.492 e. The summed E-state index contributed by atoms with van der Waals surface area (Å²) >= 11 is 0. The standard InChI is InChI=1S/C19H22N2O3/c1-3-14-9-11-15(12-10-14)20-18(22)13-19(23)21-16-7-5-6-8-17(16)24-4-2/h5-12H,3-4,13H2,1-2H3,(H,20,22)(H,21,23). The maximum atomic E-state index is 12.0. The van der Waals surface area contributed by atoms with Gasteiger partial charge in [0.2, 0.25) is 11.8 Å². The molecular formula is C19H22N2O3. The van der Waals surface area contributed by atoms with Gasteiger partial charge in [-0.3, -0.25) is 9.59 Å². The van der Waals surface area contributed by atoms with E-state index in [9.17, 15) is 9.59 Å². The van der Waals surface area contributed by atoms with Crippen molar-refractivity contribution in [3.05, 3.63) is 54.1 Å². The Kier molecular flexibility index (Phi) is 6.37. The molecule has 0 fully saturated rings. The number of nitrogens with one attached hydrogen (secondary N) is 2. The molecule has 2 aromatic rings. The quantitative estimate of drug-likeness (QED) is 0.764. The average Bonchev–Trinajstić information content (AvgIpc) is 2.57. The zero-order valence-corrected chi connectivity index (χ0v) is 14.0. The van der Waals surface area contributed by atoms with Crippen molar-refractivity contribution in [2.75, 3.05) is 17.2 Å².